The summed E-state index contributed by atoms with van der Waals surface area (Å²) < 4.78 is 5.35. The maximum Gasteiger partial charge on any atom is 0.152 e. The van der Waals surface area contributed by atoms with E-state index in [9.17, 15) is 0 Å². The second-order valence-electron chi connectivity index (χ2n) is 4.71. The average Bonchev–Trinajstić information content (AvgIpc) is 2.51. The van der Waals surface area contributed by atoms with Gasteiger partial charge in [0.15, 0.2) is 5.76 Å². The topological polar surface area (TPSA) is 39.2 Å². The minimum atomic E-state index is 0.168. The third kappa shape index (κ3) is 1.26. The lowest BCUT2D eigenvalue weighted by Crippen LogP contribution is -2.28. The number of hydrogen-bond acceptors (Lipinski definition) is 2. The molecule has 0 spiro atoms. The Morgan fingerprint density at radius 1 is 1.50 bits per heavy atom. The number of hydrogen-bond donors (Lipinski definition) is 1. The largest absolute Gasteiger partial charge is 0.463 e. The average molecular weight is 191 g/mol. The Kier molecular flexibility index (Phi) is 1.95. The van der Waals surface area contributed by atoms with E-state index in [0.29, 0.717) is 5.92 Å². The van der Waals surface area contributed by atoms with Crippen LogP contribution in [0, 0.1) is 11.3 Å². The third-order valence-corrected chi connectivity index (χ3v) is 3.38. The van der Waals surface area contributed by atoms with E-state index >= 15 is 0 Å². The summed E-state index contributed by atoms with van der Waals surface area (Å²) >= 11 is 0. The predicted octanol–water partition coefficient (Wildman–Crippen LogP) is 2.80. The molecule has 1 aromatic rings. The Labute approximate surface area is 84.8 Å². The van der Waals surface area contributed by atoms with Crippen LogP contribution in [0.3, 0.4) is 0 Å². The number of fused-ring (bicyclic) bond motifs is 1. The van der Waals surface area contributed by atoms with Gasteiger partial charge in [-0.2, -0.15) is 0 Å². The zero-order chi connectivity index (χ0) is 10.3. The van der Waals surface area contributed by atoms with Crippen molar-refractivity contribution in [3.63, 3.8) is 0 Å². The van der Waals surface area contributed by atoms with Gasteiger partial charge in [-0.3, -0.25) is 0 Å². The molecule has 1 atom stereocenters. The number of nitrogens with two attached hydrogens (primary N) is 1. The van der Waals surface area contributed by atoms with Crippen molar-refractivity contribution < 1.29 is 4.42 Å². The van der Waals surface area contributed by atoms with Gasteiger partial charge in [0.05, 0.1) is 12.0 Å². The van der Waals surface area contributed by atoms with Crippen LogP contribution in [0.5, 0.6) is 0 Å². The molecule has 14 heavy (non-hydrogen) atoms. The van der Waals surface area contributed by atoms with Crippen LogP contribution >= 0.6 is 0 Å². The van der Waals surface area contributed by atoms with Crippen molar-refractivity contribution in [1.29, 1.82) is 0 Å². The summed E-state index contributed by atoms with van der Waals surface area (Å²) in [5, 5.41) is 0. The summed E-state index contributed by atoms with van der Waals surface area (Å²) in [5.74, 6) is 1.45. The van der Waals surface area contributed by atoms with Crippen LogP contribution in [0.15, 0.2) is 22.8 Å². The van der Waals surface area contributed by atoms with Crippen LogP contribution in [0.1, 0.15) is 32.1 Å². The van der Waals surface area contributed by atoms with Crippen molar-refractivity contribution in [2.45, 2.75) is 27.2 Å². The summed E-state index contributed by atoms with van der Waals surface area (Å²) in [4.78, 5) is 0. The van der Waals surface area contributed by atoms with Crippen LogP contribution < -0.4 is 5.73 Å². The smallest absolute Gasteiger partial charge is 0.152 e. The SMILES string of the molecule is CC(C)C1(C)C=C(N)c2occc2C1. The van der Waals surface area contributed by atoms with E-state index in [1.165, 1.54) is 5.56 Å². The summed E-state index contributed by atoms with van der Waals surface area (Å²) in [5.41, 5.74) is 8.16. The Bertz CT molecular complexity index is 375. The molecule has 0 saturated carbocycles. The second kappa shape index (κ2) is 2.91. The number of allylic oxidation sites excluding steroid dienone is 1. The van der Waals surface area contributed by atoms with Gasteiger partial charge in [0.1, 0.15) is 0 Å². The van der Waals surface area contributed by atoms with Gasteiger partial charge in [-0.1, -0.05) is 26.8 Å². The number of rotatable bonds is 1. The van der Waals surface area contributed by atoms with Crippen LogP contribution in [0.25, 0.3) is 5.70 Å². The molecule has 1 aromatic heterocycles. The molecule has 1 aliphatic carbocycles. The molecule has 1 unspecified atom stereocenters. The summed E-state index contributed by atoms with van der Waals surface area (Å²) in [6, 6.07) is 2.02. The van der Waals surface area contributed by atoms with Crippen molar-refractivity contribution in [3.05, 3.63) is 29.7 Å². The fraction of sp³-hybridized carbons (Fsp3) is 0.500. The van der Waals surface area contributed by atoms with E-state index in [-0.39, 0.29) is 5.41 Å². The normalized spacial score (nSPS) is 26.1. The molecule has 2 nitrogen and oxygen atoms in total. The van der Waals surface area contributed by atoms with Gasteiger partial charge in [-0.05, 0) is 23.8 Å². The Morgan fingerprint density at radius 3 is 2.86 bits per heavy atom. The lowest BCUT2D eigenvalue weighted by atomic mass is 9.71. The highest BCUT2D eigenvalue weighted by molar-refractivity contribution is 5.64. The molecule has 0 amide bonds. The minimum absolute atomic E-state index is 0.168. The molecule has 0 radical (unpaired) electrons. The fourth-order valence-corrected chi connectivity index (χ4v) is 1.98. The predicted molar refractivity (Wildman–Crippen MR) is 57.5 cm³/mol. The zero-order valence-corrected chi connectivity index (χ0v) is 9.00. The summed E-state index contributed by atoms with van der Waals surface area (Å²) in [6.07, 6.45) is 4.89. The quantitative estimate of drug-likeness (QED) is 0.741. The van der Waals surface area contributed by atoms with Crippen LogP contribution in [0.2, 0.25) is 0 Å². The minimum Gasteiger partial charge on any atom is -0.463 e. The standard InChI is InChI=1S/C12H17NO/c1-8(2)12(3)6-9-4-5-14-11(9)10(13)7-12/h4-5,7-8H,6,13H2,1-3H3. The van der Waals surface area contributed by atoms with Crippen LogP contribution in [-0.4, -0.2) is 0 Å². The number of furan rings is 1. The van der Waals surface area contributed by atoms with Crippen molar-refractivity contribution in [1.82, 2.24) is 0 Å². The first-order valence-electron chi connectivity index (χ1n) is 5.08. The van der Waals surface area contributed by atoms with Crippen molar-refractivity contribution in [3.8, 4) is 0 Å². The van der Waals surface area contributed by atoms with E-state index in [4.69, 9.17) is 10.2 Å². The first-order chi connectivity index (χ1) is 6.53. The first kappa shape index (κ1) is 9.38. The van der Waals surface area contributed by atoms with Crippen LogP contribution in [-0.2, 0) is 6.42 Å². The summed E-state index contributed by atoms with van der Waals surface area (Å²) in [7, 11) is 0. The lowest BCUT2D eigenvalue weighted by molar-refractivity contribution is 0.290. The van der Waals surface area contributed by atoms with E-state index < -0.39 is 0 Å². The molecular weight excluding hydrogens is 174 g/mol. The van der Waals surface area contributed by atoms with Gasteiger partial charge < -0.3 is 10.2 Å². The highest BCUT2D eigenvalue weighted by Gasteiger charge is 2.32. The van der Waals surface area contributed by atoms with E-state index in [2.05, 4.69) is 26.8 Å². The molecule has 0 bridgehead atoms. The Hall–Kier alpha value is -1.18. The molecule has 76 valence electrons. The van der Waals surface area contributed by atoms with Crippen molar-refractivity contribution in [2.24, 2.45) is 17.1 Å². The molecular formula is C12H17NO. The molecule has 0 aromatic carbocycles. The van der Waals surface area contributed by atoms with Crippen molar-refractivity contribution in [2.75, 3.05) is 0 Å². The summed E-state index contributed by atoms with van der Waals surface area (Å²) in [6.45, 7) is 6.71. The van der Waals surface area contributed by atoms with Crippen molar-refractivity contribution >= 4 is 5.70 Å². The Morgan fingerprint density at radius 2 is 2.21 bits per heavy atom. The molecule has 1 heterocycles. The van der Waals surface area contributed by atoms with E-state index in [1.54, 1.807) is 6.26 Å². The van der Waals surface area contributed by atoms with Gasteiger partial charge in [0.25, 0.3) is 0 Å². The Balaban J connectivity index is 2.45. The van der Waals surface area contributed by atoms with Gasteiger partial charge in [0.2, 0.25) is 0 Å². The first-order valence-corrected chi connectivity index (χ1v) is 5.08. The molecule has 2 N–H and O–H groups in total. The van der Waals surface area contributed by atoms with Gasteiger partial charge in [0, 0.05) is 5.56 Å². The maximum absolute atomic E-state index is 5.97. The fourth-order valence-electron chi connectivity index (χ4n) is 1.98. The van der Waals surface area contributed by atoms with E-state index in [1.807, 2.05) is 6.07 Å². The second-order valence-corrected chi connectivity index (χ2v) is 4.71. The van der Waals surface area contributed by atoms with Gasteiger partial charge in [-0.15, -0.1) is 0 Å². The molecule has 0 aliphatic heterocycles. The molecule has 0 fully saturated rings. The molecule has 1 aliphatic rings. The molecule has 2 rings (SSSR count). The highest BCUT2D eigenvalue weighted by Crippen LogP contribution is 2.40. The highest BCUT2D eigenvalue weighted by atomic mass is 16.3. The van der Waals surface area contributed by atoms with Gasteiger partial charge in [-0.25, -0.2) is 0 Å². The van der Waals surface area contributed by atoms with Gasteiger partial charge >= 0.3 is 0 Å². The monoisotopic (exact) mass is 191 g/mol. The third-order valence-electron chi connectivity index (χ3n) is 3.38. The molecule has 2 heteroatoms. The zero-order valence-electron chi connectivity index (χ0n) is 9.00. The van der Waals surface area contributed by atoms with E-state index in [0.717, 1.165) is 17.9 Å². The molecule has 0 saturated heterocycles. The van der Waals surface area contributed by atoms with Crippen LogP contribution in [0.4, 0.5) is 0 Å². The maximum atomic E-state index is 5.97. The lowest BCUT2D eigenvalue weighted by Gasteiger charge is -2.33.